The van der Waals surface area contributed by atoms with Crippen LogP contribution in [0.15, 0.2) is 83.3 Å². The standard InChI is InChI=1S/C23H18N2O4/c1-16-7-5-8-17(13-16)22-25-24-21(29-22)15-27-23(26)18-9-6-12-20(14-18)28-19-10-3-2-4-11-19/h2-14H,15H2,1H3. The minimum atomic E-state index is -0.501. The zero-order valence-electron chi connectivity index (χ0n) is 15.7. The van der Waals surface area contributed by atoms with Crippen LogP contribution in [0.5, 0.6) is 11.5 Å². The van der Waals surface area contributed by atoms with Crippen molar-refractivity contribution < 1.29 is 18.7 Å². The van der Waals surface area contributed by atoms with Crippen LogP contribution in [-0.2, 0) is 11.3 Å². The van der Waals surface area contributed by atoms with Crippen LogP contribution in [0.2, 0.25) is 0 Å². The summed E-state index contributed by atoms with van der Waals surface area (Å²) in [5.41, 5.74) is 2.28. The Balaban J connectivity index is 1.39. The summed E-state index contributed by atoms with van der Waals surface area (Å²) in [7, 11) is 0. The molecule has 0 N–H and O–H groups in total. The van der Waals surface area contributed by atoms with Crippen LogP contribution in [0.4, 0.5) is 0 Å². The molecule has 4 aromatic rings. The number of esters is 1. The average Bonchev–Trinajstić information content (AvgIpc) is 3.22. The van der Waals surface area contributed by atoms with E-state index < -0.39 is 5.97 Å². The number of para-hydroxylation sites is 1. The molecule has 0 unspecified atom stereocenters. The van der Waals surface area contributed by atoms with Gasteiger partial charge >= 0.3 is 5.97 Å². The third-order valence-electron chi connectivity index (χ3n) is 4.11. The van der Waals surface area contributed by atoms with E-state index in [4.69, 9.17) is 13.9 Å². The SMILES string of the molecule is Cc1cccc(-c2nnc(COC(=O)c3cccc(Oc4ccccc4)c3)o2)c1. The quantitative estimate of drug-likeness (QED) is 0.424. The summed E-state index contributed by atoms with van der Waals surface area (Å²) in [6.45, 7) is 1.87. The third-order valence-corrected chi connectivity index (χ3v) is 4.11. The van der Waals surface area contributed by atoms with Gasteiger partial charge in [0.15, 0.2) is 6.61 Å². The van der Waals surface area contributed by atoms with Crippen molar-refractivity contribution in [3.05, 3.63) is 95.9 Å². The number of ether oxygens (including phenoxy) is 2. The Labute approximate surface area is 167 Å². The highest BCUT2D eigenvalue weighted by Crippen LogP contribution is 2.23. The molecule has 144 valence electrons. The van der Waals surface area contributed by atoms with Crippen molar-refractivity contribution in [3.63, 3.8) is 0 Å². The molecule has 0 aliphatic heterocycles. The van der Waals surface area contributed by atoms with Crippen LogP contribution in [0.3, 0.4) is 0 Å². The predicted octanol–water partition coefficient (Wildman–Crippen LogP) is 5.19. The van der Waals surface area contributed by atoms with E-state index in [9.17, 15) is 4.79 Å². The fraction of sp³-hybridized carbons (Fsp3) is 0.0870. The molecule has 4 rings (SSSR count). The van der Waals surface area contributed by atoms with Gasteiger partial charge in [-0.1, -0.05) is 42.0 Å². The van der Waals surface area contributed by atoms with E-state index in [-0.39, 0.29) is 12.5 Å². The number of aromatic nitrogens is 2. The number of rotatable bonds is 6. The van der Waals surface area contributed by atoms with Gasteiger partial charge in [-0.25, -0.2) is 4.79 Å². The Morgan fingerprint density at radius 2 is 1.69 bits per heavy atom. The van der Waals surface area contributed by atoms with Gasteiger partial charge in [-0.15, -0.1) is 10.2 Å². The van der Waals surface area contributed by atoms with E-state index in [0.29, 0.717) is 23.0 Å². The first-order valence-corrected chi connectivity index (χ1v) is 9.07. The van der Waals surface area contributed by atoms with Crippen molar-refractivity contribution in [1.29, 1.82) is 0 Å². The van der Waals surface area contributed by atoms with Crippen LogP contribution in [0.25, 0.3) is 11.5 Å². The highest BCUT2D eigenvalue weighted by atomic mass is 16.5. The molecular formula is C23H18N2O4. The van der Waals surface area contributed by atoms with Crippen LogP contribution in [0, 0.1) is 6.92 Å². The van der Waals surface area contributed by atoms with Crippen LogP contribution < -0.4 is 4.74 Å². The molecule has 29 heavy (non-hydrogen) atoms. The number of hydrogen-bond acceptors (Lipinski definition) is 6. The first-order valence-electron chi connectivity index (χ1n) is 9.07. The Morgan fingerprint density at radius 1 is 0.897 bits per heavy atom. The second-order valence-electron chi connectivity index (χ2n) is 6.39. The van der Waals surface area contributed by atoms with Gasteiger partial charge in [0.1, 0.15) is 11.5 Å². The molecule has 6 nitrogen and oxygen atoms in total. The maximum absolute atomic E-state index is 12.4. The lowest BCUT2D eigenvalue weighted by Gasteiger charge is -2.07. The monoisotopic (exact) mass is 386 g/mol. The first kappa shape index (κ1) is 18.4. The number of nitrogens with zero attached hydrogens (tertiary/aromatic N) is 2. The van der Waals surface area contributed by atoms with E-state index in [2.05, 4.69) is 10.2 Å². The van der Waals surface area contributed by atoms with Gasteiger partial charge in [0.25, 0.3) is 5.89 Å². The maximum Gasteiger partial charge on any atom is 0.338 e. The van der Waals surface area contributed by atoms with Gasteiger partial charge in [-0.05, 0) is 49.4 Å². The van der Waals surface area contributed by atoms with E-state index in [1.165, 1.54) is 0 Å². The summed E-state index contributed by atoms with van der Waals surface area (Å²) >= 11 is 0. The number of hydrogen-bond donors (Lipinski definition) is 0. The largest absolute Gasteiger partial charge is 0.457 e. The molecule has 0 fully saturated rings. The summed E-state index contributed by atoms with van der Waals surface area (Å²) in [4.78, 5) is 12.4. The lowest BCUT2D eigenvalue weighted by molar-refractivity contribution is 0.0438. The van der Waals surface area contributed by atoms with Crippen molar-refractivity contribution in [2.24, 2.45) is 0 Å². The molecule has 6 heteroatoms. The Bertz CT molecular complexity index is 1120. The highest BCUT2D eigenvalue weighted by Gasteiger charge is 2.13. The molecule has 0 atom stereocenters. The molecule has 1 aromatic heterocycles. The number of benzene rings is 3. The molecule has 0 saturated carbocycles. The van der Waals surface area contributed by atoms with Gasteiger partial charge in [0.05, 0.1) is 5.56 Å². The maximum atomic E-state index is 12.4. The van der Waals surface area contributed by atoms with Crippen LogP contribution in [0.1, 0.15) is 21.8 Å². The summed E-state index contributed by atoms with van der Waals surface area (Å²) in [5, 5.41) is 7.95. The Kier molecular flexibility index (Phi) is 5.33. The smallest absolute Gasteiger partial charge is 0.338 e. The lowest BCUT2D eigenvalue weighted by atomic mass is 10.1. The first-order chi connectivity index (χ1) is 14.2. The average molecular weight is 386 g/mol. The molecule has 1 heterocycles. The van der Waals surface area contributed by atoms with Crippen LogP contribution in [-0.4, -0.2) is 16.2 Å². The summed E-state index contributed by atoms with van der Waals surface area (Å²) in [6, 6.07) is 23.9. The molecule has 0 saturated heterocycles. The van der Waals surface area contributed by atoms with Crippen molar-refractivity contribution in [2.75, 3.05) is 0 Å². The van der Waals surface area contributed by atoms with Crippen molar-refractivity contribution in [3.8, 4) is 23.0 Å². The lowest BCUT2D eigenvalue weighted by Crippen LogP contribution is -2.05. The van der Waals surface area contributed by atoms with Crippen LogP contribution >= 0.6 is 0 Å². The number of carbonyl (C=O) groups is 1. The van der Waals surface area contributed by atoms with Gasteiger partial charge in [0.2, 0.25) is 5.89 Å². The molecule has 0 spiro atoms. The molecule has 0 radical (unpaired) electrons. The fourth-order valence-corrected chi connectivity index (χ4v) is 2.73. The van der Waals surface area contributed by atoms with Crippen molar-refractivity contribution >= 4 is 5.97 Å². The normalized spacial score (nSPS) is 10.5. The summed E-state index contributed by atoms with van der Waals surface area (Å²) in [5.74, 6) is 1.35. The minimum Gasteiger partial charge on any atom is -0.457 e. The van der Waals surface area contributed by atoms with Gasteiger partial charge < -0.3 is 13.9 Å². The molecule has 0 aliphatic rings. The van der Waals surface area contributed by atoms with Gasteiger partial charge in [-0.2, -0.15) is 0 Å². The topological polar surface area (TPSA) is 74.5 Å². The minimum absolute atomic E-state index is 0.110. The van der Waals surface area contributed by atoms with Gasteiger partial charge in [0, 0.05) is 5.56 Å². The zero-order chi connectivity index (χ0) is 20.1. The zero-order valence-corrected chi connectivity index (χ0v) is 15.7. The highest BCUT2D eigenvalue weighted by molar-refractivity contribution is 5.89. The molecule has 0 aliphatic carbocycles. The predicted molar refractivity (Wildman–Crippen MR) is 107 cm³/mol. The van der Waals surface area contributed by atoms with E-state index >= 15 is 0 Å². The molecule has 0 bridgehead atoms. The second-order valence-corrected chi connectivity index (χ2v) is 6.39. The summed E-state index contributed by atoms with van der Waals surface area (Å²) in [6.07, 6.45) is 0. The van der Waals surface area contributed by atoms with Gasteiger partial charge in [-0.3, -0.25) is 0 Å². The van der Waals surface area contributed by atoms with E-state index in [0.717, 1.165) is 11.1 Å². The van der Waals surface area contributed by atoms with Crippen molar-refractivity contribution in [1.82, 2.24) is 10.2 Å². The molecule has 0 amide bonds. The Morgan fingerprint density at radius 3 is 2.52 bits per heavy atom. The van der Waals surface area contributed by atoms with E-state index in [1.807, 2.05) is 61.5 Å². The van der Waals surface area contributed by atoms with Crippen molar-refractivity contribution in [2.45, 2.75) is 13.5 Å². The Hall–Kier alpha value is -3.93. The molecular weight excluding hydrogens is 368 g/mol. The molecule has 3 aromatic carbocycles. The second kappa shape index (κ2) is 8.39. The number of aryl methyl sites for hydroxylation is 1. The third kappa shape index (κ3) is 4.68. The van der Waals surface area contributed by atoms with E-state index in [1.54, 1.807) is 24.3 Å². The summed E-state index contributed by atoms with van der Waals surface area (Å²) < 4.78 is 16.6. The number of carbonyl (C=O) groups excluding carboxylic acids is 1. The fourth-order valence-electron chi connectivity index (χ4n) is 2.73.